The normalized spacial score (nSPS) is 18.6. The Hall–Kier alpha value is -4.41. The summed E-state index contributed by atoms with van der Waals surface area (Å²) in [6, 6.07) is -2.79. The fraction of sp³-hybridized carbons (Fsp3) is 0.641. The predicted molar refractivity (Wildman–Crippen MR) is 234 cm³/mol. The Balaban J connectivity index is 1.88. The van der Waals surface area contributed by atoms with Crippen LogP contribution in [0.3, 0.4) is 0 Å². The quantitative estimate of drug-likeness (QED) is 0.0546. The van der Waals surface area contributed by atoms with Crippen molar-refractivity contribution in [3.05, 3.63) is 29.8 Å². The summed E-state index contributed by atoms with van der Waals surface area (Å²) < 4.78 is 16.0. The Bertz CT molecular complexity index is 1810. The number of nitrogens with one attached hydrogen (secondary N) is 6. The predicted octanol–water partition coefficient (Wildman–Crippen LogP) is -0.0208. The summed E-state index contributed by atoms with van der Waals surface area (Å²) in [5, 5.41) is 35.2. The van der Waals surface area contributed by atoms with E-state index in [4.69, 9.17) is 0 Å². The van der Waals surface area contributed by atoms with Crippen molar-refractivity contribution in [1.29, 1.82) is 0 Å². The molecule has 7 atom stereocenters. The fourth-order valence-electron chi connectivity index (χ4n) is 7.06. The summed E-state index contributed by atoms with van der Waals surface area (Å²) in [4.78, 5) is 126. The van der Waals surface area contributed by atoms with Crippen molar-refractivity contribution in [2.45, 2.75) is 114 Å². The van der Waals surface area contributed by atoms with Gasteiger partial charge in [0.2, 0.25) is 35.4 Å². The maximum atomic E-state index is 14.2. The van der Waals surface area contributed by atoms with E-state index in [0.29, 0.717) is 49.4 Å². The molecule has 2 heterocycles. The van der Waals surface area contributed by atoms with E-state index < -0.39 is 110 Å². The third-order valence-corrected chi connectivity index (χ3v) is 12.1. The van der Waals surface area contributed by atoms with Gasteiger partial charge in [0.05, 0.1) is 6.04 Å². The Morgan fingerprint density at radius 2 is 1.35 bits per heavy atom. The van der Waals surface area contributed by atoms with Crippen LogP contribution >= 0.6 is 31.3 Å². The zero-order chi connectivity index (χ0) is 46.9. The highest BCUT2D eigenvalue weighted by Gasteiger charge is 2.40. The number of amides is 6. The second-order valence-electron chi connectivity index (χ2n) is 15.6. The SMILES string of the molecule is CSCC[C@H](NC(=O)[C@@H](NC(=O)[C@H](CCSC)NC(=O)[C@H](CCC(=O)O)NC(=O)[C@H](Cc1ccc(OP(=O)(O)O)cc1)NC(=O)[C@@H]1CCCN1C(=O)[C@@H]1CCCN1)C(C)C)C(=O)O. The minimum Gasteiger partial charge on any atom is -0.481 e. The van der Waals surface area contributed by atoms with Crippen molar-refractivity contribution in [2.75, 3.05) is 37.1 Å². The number of carbonyl (C=O) groups is 8. The van der Waals surface area contributed by atoms with E-state index in [9.17, 15) is 62.9 Å². The third-order valence-electron chi connectivity index (χ3n) is 10.4. The van der Waals surface area contributed by atoms with Crippen LogP contribution in [0.4, 0.5) is 0 Å². The minimum absolute atomic E-state index is 0.0453. The molecule has 2 fully saturated rings. The molecule has 0 unspecified atom stereocenters. The highest BCUT2D eigenvalue weighted by atomic mass is 32.2. The molecule has 10 N–H and O–H groups in total. The number of hydrogen-bond acceptors (Lipinski definition) is 13. The van der Waals surface area contributed by atoms with E-state index >= 15 is 0 Å². The number of aliphatic carboxylic acids is 2. The summed E-state index contributed by atoms with van der Waals surface area (Å²) in [6.45, 7) is 4.26. The number of rotatable bonds is 26. The van der Waals surface area contributed by atoms with E-state index in [1.165, 1.54) is 52.7 Å². The first-order chi connectivity index (χ1) is 29.7. The number of carbonyl (C=O) groups excluding carboxylic acids is 6. The number of phosphoric ester groups is 1. The number of thioether (sulfide) groups is 2. The van der Waals surface area contributed by atoms with Crippen molar-refractivity contribution in [1.82, 2.24) is 36.8 Å². The molecule has 2 aliphatic rings. The molecule has 63 heavy (non-hydrogen) atoms. The van der Waals surface area contributed by atoms with Gasteiger partial charge in [0, 0.05) is 19.4 Å². The Morgan fingerprint density at radius 1 is 0.778 bits per heavy atom. The van der Waals surface area contributed by atoms with Crippen molar-refractivity contribution in [3.63, 3.8) is 0 Å². The van der Waals surface area contributed by atoms with Crippen molar-refractivity contribution in [3.8, 4) is 5.75 Å². The molecule has 2 saturated heterocycles. The zero-order valence-corrected chi connectivity index (χ0v) is 38.2. The standard InChI is InChI=1S/C39H60N7O14PS2/c1-22(2)32(37(53)43-28(39(55)56)16-20-63-4)45-34(50)26(15-19-62-3)42-33(49)25(13-14-31(47)48)41-35(51)29(21-23-9-11-24(12-10-23)60-61(57,58)59)44-36(52)30-8-6-18-46(30)38(54)27-7-5-17-40-27/h9-12,22,25-30,32,40H,5-8,13-21H2,1-4H3,(H,41,51)(H,42,49)(H,43,53)(H,44,52)(H,45,50)(H,47,48)(H,55,56)(H2,57,58,59)/t25-,26-,27-,28-,29-,30-,32-/m0/s1. The smallest absolute Gasteiger partial charge is 0.481 e. The van der Waals surface area contributed by atoms with Gasteiger partial charge in [0.15, 0.2) is 0 Å². The largest absolute Gasteiger partial charge is 0.524 e. The van der Waals surface area contributed by atoms with Gasteiger partial charge in [-0.2, -0.15) is 23.5 Å². The second-order valence-corrected chi connectivity index (χ2v) is 18.7. The van der Waals surface area contributed by atoms with Gasteiger partial charge in [-0.1, -0.05) is 26.0 Å². The van der Waals surface area contributed by atoms with Crippen LogP contribution < -0.4 is 36.4 Å². The van der Waals surface area contributed by atoms with E-state index in [-0.39, 0.29) is 30.9 Å². The minimum atomic E-state index is -4.89. The van der Waals surface area contributed by atoms with Gasteiger partial charge in [-0.3, -0.25) is 43.3 Å². The van der Waals surface area contributed by atoms with Gasteiger partial charge in [-0.15, -0.1) is 0 Å². The van der Waals surface area contributed by atoms with Crippen LogP contribution in [0.2, 0.25) is 0 Å². The lowest BCUT2D eigenvalue weighted by atomic mass is 10.0. The molecule has 1 aromatic rings. The molecular formula is C39H60N7O14PS2. The Kier molecular flexibility index (Phi) is 21.7. The Labute approximate surface area is 374 Å². The molecule has 0 spiro atoms. The molecule has 21 nitrogen and oxygen atoms in total. The summed E-state index contributed by atoms with van der Waals surface area (Å²) in [5.41, 5.74) is 0.381. The Morgan fingerprint density at radius 3 is 1.89 bits per heavy atom. The molecule has 1 aromatic carbocycles. The molecule has 0 aliphatic carbocycles. The van der Waals surface area contributed by atoms with Gasteiger partial charge in [-0.05, 0) is 99.1 Å². The molecule has 24 heteroatoms. The van der Waals surface area contributed by atoms with E-state index in [0.717, 1.165) is 6.42 Å². The molecule has 0 saturated carbocycles. The van der Waals surface area contributed by atoms with Crippen LogP contribution in [0.25, 0.3) is 0 Å². The van der Waals surface area contributed by atoms with Crippen molar-refractivity contribution >= 4 is 78.7 Å². The number of benzene rings is 1. The molecule has 352 valence electrons. The number of carboxylic acids is 2. The van der Waals surface area contributed by atoms with Crippen LogP contribution in [-0.4, -0.2) is 152 Å². The number of hydrogen-bond donors (Lipinski definition) is 10. The lowest BCUT2D eigenvalue weighted by Crippen LogP contribution is -2.60. The highest BCUT2D eigenvalue weighted by Crippen LogP contribution is 2.37. The summed E-state index contributed by atoms with van der Waals surface area (Å²) in [5.74, 6) is -6.73. The average Bonchev–Trinajstić information content (AvgIpc) is 3.94. The van der Waals surface area contributed by atoms with Crippen LogP contribution in [0.5, 0.6) is 5.75 Å². The summed E-state index contributed by atoms with van der Waals surface area (Å²) >= 11 is 2.75. The second kappa shape index (κ2) is 25.8. The molecular weight excluding hydrogens is 886 g/mol. The van der Waals surface area contributed by atoms with E-state index in [2.05, 4.69) is 36.4 Å². The van der Waals surface area contributed by atoms with Crippen molar-refractivity contribution < 1.29 is 67.4 Å². The first-order valence-corrected chi connectivity index (χ1v) is 24.9. The molecule has 2 aliphatic heterocycles. The number of nitrogens with zero attached hydrogens (tertiary/aromatic N) is 1. The molecule has 0 radical (unpaired) electrons. The lowest BCUT2D eigenvalue weighted by molar-refractivity contribution is -0.142. The molecule has 0 aromatic heterocycles. The molecule has 3 rings (SSSR count). The first-order valence-electron chi connectivity index (χ1n) is 20.6. The van der Waals surface area contributed by atoms with Crippen molar-refractivity contribution in [2.24, 2.45) is 5.92 Å². The monoisotopic (exact) mass is 945 g/mol. The maximum absolute atomic E-state index is 14.2. The first kappa shape index (κ1) is 52.9. The van der Waals surface area contributed by atoms with Crippen LogP contribution in [0, 0.1) is 5.92 Å². The third kappa shape index (κ3) is 17.6. The van der Waals surface area contributed by atoms with E-state index in [1.807, 2.05) is 0 Å². The number of phosphoric acid groups is 1. The number of likely N-dealkylation sites (tertiary alicyclic amines) is 1. The van der Waals surface area contributed by atoms with Gasteiger partial charge in [0.25, 0.3) is 0 Å². The highest BCUT2D eigenvalue weighted by molar-refractivity contribution is 7.98. The molecule has 0 bridgehead atoms. The summed E-state index contributed by atoms with van der Waals surface area (Å²) in [6.07, 6.45) is 4.71. The maximum Gasteiger partial charge on any atom is 0.524 e. The van der Waals surface area contributed by atoms with Gasteiger partial charge in [0.1, 0.15) is 42.0 Å². The van der Waals surface area contributed by atoms with Crippen LogP contribution in [0.1, 0.15) is 70.8 Å². The van der Waals surface area contributed by atoms with Gasteiger partial charge in [-0.25, -0.2) is 9.36 Å². The van der Waals surface area contributed by atoms with Crippen LogP contribution in [0.15, 0.2) is 24.3 Å². The van der Waals surface area contributed by atoms with E-state index in [1.54, 1.807) is 26.4 Å². The lowest BCUT2D eigenvalue weighted by Gasteiger charge is -2.29. The topological polar surface area (TPSA) is 319 Å². The summed E-state index contributed by atoms with van der Waals surface area (Å²) in [7, 11) is -4.89. The van der Waals surface area contributed by atoms with Gasteiger partial charge < -0.3 is 51.5 Å². The zero-order valence-electron chi connectivity index (χ0n) is 35.7. The number of carboxylic acid groups (broad SMARTS) is 2. The van der Waals surface area contributed by atoms with Crippen LogP contribution in [-0.2, 0) is 49.3 Å². The average molecular weight is 946 g/mol. The molecule has 6 amide bonds. The fourth-order valence-corrected chi connectivity index (χ4v) is 8.40. The van der Waals surface area contributed by atoms with Gasteiger partial charge >= 0.3 is 19.8 Å².